The predicted octanol–water partition coefficient (Wildman–Crippen LogP) is 4.19. The molecule has 4 nitrogen and oxygen atoms in total. The molecule has 112 valence electrons. The summed E-state index contributed by atoms with van der Waals surface area (Å²) in [5.74, 6) is 3.11. The lowest BCUT2D eigenvalue weighted by Crippen LogP contribution is -2.07. The molecule has 2 rings (SSSR count). The van der Waals surface area contributed by atoms with Crippen LogP contribution in [0.15, 0.2) is 18.2 Å². The Labute approximate surface area is 126 Å². The van der Waals surface area contributed by atoms with E-state index in [2.05, 4.69) is 35.2 Å². The molecule has 0 unspecified atom stereocenters. The fraction of sp³-hybridized carbons (Fsp3) is 0.412. The number of nitrogens with zero attached hydrogens (tertiary/aromatic N) is 2. The normalized spacial score (nSPS) is 10.5. The highest BCUT2D eigenvalue weighted by Gasteiger charge is 2.12. The van der Waals surface area contributed by atoms with Gasteiger partial charge in [-0.3, -0.25) is 0 Å². The molecule has 0 aliphatic heterocycles. The standard InChI is InChI=1S/C17H23N3O/c1-6-15-19-16(18-7-2)13(5)17(20-15)21-14-9-8-11(3)10-12(14)4/h8-10H,6-7H2,1-5H3,(H,18,19,20). The van der Waals surface area contributed by atoms with Crippen LogP contribution in [-0.4, -0.2) is 16.5 Å². The van der Waals surface area contributed by atoms with Crippen LogP contribution in [-0.2, 0) is 6.42 Å². The second-order valence-electron chi connectivity index (χ2n) is 5.17. The summed E-state index contributed by atoms with van der Waals surface area (Å²) in [6, 6.07) is 6.15. The third kappa shape index (κ3) is 3.51. The molecule has 0 bridgehead atoms. The Morgan fingerprint density at radius 1 is 1.10 bits per heavy atom. The van der Waals surface area contributed by atoms with Crippen LogP contribution in [0, 0.1) is 20.8 Å². The first-order chi connectivity index (χ1) is 10.0. The van der Waals surface area contributed by atoms with Crippen LogP contribution in [0.5, 0.6) is 11.6 Å². The molecule has 0 fully saturated rings. The summed E-state index contributed by atoms with van der Waals surface area (Å²) in [7, 11) is 0. The van der Waals surface area contributed by atoms with Crippen molar-refractivity contribution in [3.63, 3.8) is 0 Å². The Bertz CT molecular complexity index is 638. The van der Waals surface area contributed by atoms with Crippen molar-refractivity contribution in [3.05, 3.63) is 40.7 Å². The van der Waals surface area contributed by atoms with Gasteiger partial charge in [-0.2, -0.15) is 4.98 Å². The van der Waals surface area contributed by atoms with E-state index in [9.17, 15) is 0 Å². The highest BCUT2D eigenvalue weighted by atomic mass is 16.5. The number of hydrogen-bond acceptors (Lipinski definition) is 4. The molecule has 0 radical (unpaired) electrons. The fourth-order valence-corrected chi connectivity index (χ4v) is 2.16. The molecule has 0 aliphatic rings. The summed E-state index contributed by atoms with van der Waals surface area (Å²) < 4.78 is 6.03. The molecule has 1 heterocycles. The predicted molar refractivity (Wildman–Crippen MR) is 86.3 cm³/mol. The van der Waals surface area contributed by atoms with E-state index in [0.717, 1.165) is 41.5 Å². The summed E-state index contributed by atoms with van der Waals surface area (Å²) in [6.45, 7) is 11.0. The van der Waals surface area contributed by atoms with Crippen LogP contribution in [0.1, 0.15) is 36.4 Å². The van der Waals surface area contributed by atoms with Gasteiger partial charge < -0.3 is 10.1 Å². The molecule has 21 heavy (non-hydrogen) atoms. The largest absolute Gasteiger partial charge is 0.438 e. The number of rotatable bonds is 5. The Balaban J connectivity index is 2.40. The first-order valence-electron chi connectivity index (χ1n) is 7.41. The van der Waals surface area contributed by atoms with Crippen LogP contribution >= 0.6 is 0 Å². The molecule has 0 aliphatic carbocycles. The van der Waals surface area contributed by atoms with Crippen LogP contribution in [0.4, 0.5) is 5.82 Å². The maximum atomic E-state index is 6.03. The Morgan fingerprint density at radius 3 is 2.48 bits per heavy atom. The van der Waals surface area contributed by atoms with Gasteiger partial charge in [0.05, 0.1) is 5.56 Å². The van der Waals surface area contributed by atoms with Crippen molar-refractivity contribution in [1.29, 1.82) is 0 Å². The molecule has 0 spiro atoms. The van der Waals surface area contributed by atoms with E-state index in [1.54, 1.807) is 0 Å². The molecule has 0 amide bonds. The van der Waals surface area contributed by atoms with Crippen molar-refractivity contribution in [2.75, 3.05) is 11.9 Å². The Kier molecular flexibility index (Phi) is 4.78. The van der Waals surface area contributed by atoms with Gasteiger partial charge in [-0.15, -0.1) is 0 Å². The highest BCUT2D eigenvalue weighted by Crippen LogP contribution is 2.29. The van der Waals surface area contributed by atoms with Gasteiger partial charge in [-0.05, 0) is 39.3 Å². The second kappa shape index (κ2) is 6.57. The van der Waals surface area contributed by atoms with Gasteiger partial charge in [0.15, 0.2) is 0 Å². The summed E-state index contributed by atoms with van der Waals surface area (Å²) >= 11 is 0. The van der Waals surface area contributed by atoms with Gasteiger partial charge in [0.2, 0.25) is 5.88 Å². The number of hydrogen-bond donors (Lipinski definition) is 1. The summed E-state index contributed by atoms with van der Waals surface area (Å²) in [6.07, 6.45) is 0.780. The number of nitrogens with one attached hydrogen (secondary N) is 1. The zero-order chi connectivity index (χ0) is 15.4. The van der Waals surface area contributed by atoms with Crippen molar-refractivity contribution in [2.45, 2.75) is 41.0 Å². The van der Waals surface area contributed by atoms with E-state index in [4.69, 9.17) is 4.74 Å². The van der Waals surface area contributed by atoms with E-state index < -0.39 is 0 Å². The van der Waals surface area contributed by atoms with Crippen molar-refractivity contribution in [1.82, 2.24) is 9.97 Å². The van der Waals surface area contributed by atoms with Gasteiger partial charge in [-0.1, -0.05) is 24.6 Å². The zero-order valence-electron chi connectivity index (χ0n) is 13.4. The minimum absolute atomic E-state index is 0.629. The van der Waals surface area contributed by atoms with E-state index in [-0.39, 0.29) is 0 Å². The molecule has 0 saturated carbocycles. The topological polar surface area (TPSA) is 47.0 Å². The smallest absolute Gasteiger partial charge is 0.227 e. The summed E-state index contributed by atoms with van der Waals surface area (Å²) in [5.41, 5.74) is 3.27. The molecule has 1 aromatic heterocycles. The lowest BCUT2D eigenvalue weighted by Gasteiger charge is -2.14. The average molecular weight is 285 g/mol. The maximum absolute atomic E-state index is 6.03. The lowest BCUT2D eigenvalue weighted by atomic mass is 10.1. The first-order valence-corrected chi connectivity index (χ1v) is 7.41. The molecule has 1 N–H and O–H groups in total. The van der Waals surface area contributed by atoms with E-state index in [1.807, 2.05) is 32.9 Å². The molecular formula is C17H23N3O. The van der Waals surface area contributed by atoms with E-state index in [1.165, 1.54) is 5.56 Å². The van der Waals surface area contributed by atoms with Crippen molar-refractivity contribution >= 4 is 5.82 Å². The Hall–Kier alpha value is -2.10. The highest BCUT2D eigenvalue weighted by molar-refractivity contribution is 5.50. The van der Waals surface area contributed by atoms with Crippen molar-refractivity contribution in [2.24, 2.45) is 0 Å². The minimum Gasteiger partial charge on any atom is -0.438 e. The number of anilines is 1. The number of ether oxygens (including phenoxy) is 1. The van der Waals surface area contributed by atoms with Crippen LogP contribution in [0.25, 0.3) is 0 Å². The van der Waals surface area contributed by atoms with Crippen LogP contribution in [0.3, 0.4) is 0 Å². The minimum atomic E-state index is 0.629. The maximum Gasteiger partial charge on any atom is 0.227 e. The van der Waals surface area contributed by atoms with E-state index in [0.29, 0.717) is 5.88 Å². The SMILES string of the molecule is CCNc1nc(CC)nc(Oc2ccc(C)cc2C)c1C. The third-order valence-corrected chi connectivity index (χ3v) is 3.34. The van der Waals surface area contributed by atoms with Gasteiger partial charge in [-0.25, -0.2) is 4.98 Å². The third-order valence-electron chi connectivity index (χ3n) is 3.34. The van der Waals surface area contributed by atoms with Crippen LogP contribution in [0.2, 0.25) is 0 Å². The average Bonchev–Trinajstić information content (AvgIpc) is 2.46. The number of benzene rings is 1. The molecule has 1 aromatic carbocycles. The zero-order valence-corrected chi connectivity index (χ0v) is 13.4. The van der Waals surface area contributed by atoms with E-state index >= 15 is 0 Å². The second-order valence-corrected chi connectivity index (χ2v) is 5.17. The van der Waals surface area contributed by atoms with Crippen molar-refractivity contribution in [3.8, 4) is 11.6 Å². The summed E-state index contributed by atoms with van der Waals surface area (Å²) in [4.78, 5) is 9.04. The molecular weight excluding hydrogens is 262 g/mol. The van der Waals surface area contributed by atoms with Gasteiger partial charge in [0.1, 0.15) is 17.4 Å². The lowest BCUT2D eigenvalue weighted by molar-refractivity contribution is 0.451. The van der Waals surface area contributed by atoms with Crippen LogP contribution < -0.4 is 10.1 Å². The molecule has 4 heteroatoms. The molecule has 2 aromatic rings. The number of aryl methyl sites for hydroxylation is 3. The monoisotopic (exact) mass is 285 g/mol. The van der Waals surface area contributed by atoms with Gasteiger partial charge >= 0.3 is 0 Å². The Morgan fingerprint density at radius 2 is 1.86 bits per heavy atom. The van der Waals surface area contributed by atoms with Gasteiger partial charge in [0, 0.05) is 13.0 Å². The molecule has 0 saturated heterocycles. The molecule has 0 atom stereocenters. The first kappa shape index (κ1) is 15.3. The van der Waals surface area contributed by atoms with Crippen molar-refractivity contribution < 1.29 is 4.74 Å². The number of aromatic nitrogens is 2. The summed E-state index contributed by atoms with van der Waals surface area (Å²) in [5, 5.41) is 3.27. The quantitative estimate of drug-likeness (QED) is 0.895. The fourth-order valence-electron chi connectivity index (χ4n) is 2.16. The van der Waals surface area contributed by atoms with Gasteiger partial charge in [0.25, 0.3) is 0 Å².